The van der Waals surface area contributed by atoms with E-state index in [0.717, 1.165) is 4.47 Å². The third-order valence-corrected chi connectivity index (χ3v) is 3.06. The summed E-state index contributed by atoms with van der Waals surface area (Å²) >= 11 is 3.21. The van der Waals surface area contributed by atoms with Crippen molar-refractivity contribution >= 4 is 26.0 Å². The van der Waals surface area contributed by atoms with E-state index in [1.807, 2.05) is 0 Å². The lowest BCUT2D eigenvalue weighted by Gasteiger charge is -2.05. The molecule has 78 valence electrons. The number of benzene rings is 1. The molecule has 0 spiro atoms. The van der Waals surface area contributed by atoms with E-state index in [0.29, 0.717) is 0 Å². The van der Waals surface area contributed by atoms with Crippen molar-refractivity contribution in [3.63, 3.8) is 0 Å². The van der Waals surface area contributed by atoms with Gasteiger partial charge in [0, 0.05) is 11.0 Å². The monoisotopic (exact) mass is 279 g/mol. The predicted molar refractivity (Wildman–Crippen MR) is 57.6 cm³/mol. The van der Waals surface area contributed by atoms with E-state index in [2.05, 4.69) is 15.9 Å². The van der Waals surface area contributed by atoms with Crippen LogP contribution >= 0.6 is 15.9 Å². The lowest BCUT2D eigenvalue weighted by Crippen LogP contribution is -2.20. The van der Waals surface area contributed by atoms with Crippen LogP contribution in [-0.4, -0.2) is 20.7 Å². The SMILES string of the molecule is NCCS(=O)(=O)Oc1cccc(Br)c1. The second kappa shape index (κ2) is 4.77. The summed E-state index contributed by atoms with van der Waals surface area (Å²) in [6.07, 6.45) is 0. The Morgan fingerprint density at radius 3 is 2.71 bits per heavy atom. The first-order chi connectivity index (χ1) is 6.53. The van der Waals surface area contributed by atoms with Gasteiger partial charge in [0.15, 0.2) is 0 Å². The maximum atomic E-state index is 11.2. The minimum absolute atomic E-state index is 0.0519. The third kappa shape index (κ3) is 3.65. The Labute approximate surface area is 91.3 Å². The van der Waals surface area contributed by atoms with E-state index in [-0.39, 0.29) is 18.0 Å². The highest BCUT2D eigenvalue weighted by Crippen LogP contribution is 2.19. The topological polar surface area (TPSA) is 69.4 Å². The van der Waals surface area contributed by atoms with Crippen LogP contribution in [0.4, 0.5) is 0 Å². The van der Waals surface area contributed by atoms with Crippen LogP contribution in [0.1, 0.15) is 0 Å². The molecule has 0 atom stereocenters. The molecule has 0 bridgehead atoms. The van der Waals surface area contributed by atoms with Crippen LogP contribution in [0.25, 0.3) is 0 Å². The van der Waals surface area contributed by atoms with E-state index >= 15 is 0 Å². The molecular formula is C8H10BrNO3S. The van der Waals surface area contributed by atoms with Crippen LogP contribution in [0.3, 0.4) is 0 Å². The molecule has 0 saturated heterocycles. The van der Waals surface area contributed by atoms with Crippen molar-refractivity contribution in [1.29, 1.82) is 0 Å². The van der Waals surface area contributed by atoms with E-state index < -0.39 is 10.1 Å². The van der Waals surface area contributed by atoms with Crippen molar-refractivity contribution in [2.75, 3.05) is 12.3 Å². The molecule has 0 aliphatic heterocycles. The Kier molecular flexibility index (Phi) is 3.91. The van der Waals surface area contributed by atoms with Crippen molar-refractivity contribution in [1.82, 2.24) is 0 Å². The molecule has 1 aromatic carbocycles. The Balaban J connectivity index is 2.79. The van der Waals surface area contributed by atoms with Crippen LogP contribution in [0.5, 0.6) is 5.75 Å². The number of nitrogens with two attached hydrogens (primary N) is 1. The molecule has 0 unspecified atom stereocenters. The highest BCUT2D eigenvalue weighted by Gasteiger charge is 2.10. The van der Waals surface area contributed by atoms with Gasteiger partial charge in [-0.2, -0.15) is 8.42 Å². The minimum atomic E-state index is -3.55. The van der Waals surface area contributed by atoms with Gasteiger partial charge in [-0.15, -0.1) is 0 Å². The van der Waals surface area contributed by atoms with Crippen molar-refractivity contribution in [2.45, 2.75) is 0 Å². The molecule has 0 heterocycles. The van der Waals surface area contributed by atoms with Crippen LogP contribution in [0.15, 0.2) is 28.7 Å². The molecular weight excluding hydrogens is 270 g/mol. The van der Waals surface area contributed by atoms with Gasteiger partial charge in [-0.25, -0.2) is 0 Å². The quantitative estimate of drug-likeness (QED) is 0.839. The lowest BCUT2D eigenvalue weighted by molar-refractivity contribution is 0.486. The normalized spacial score (nSPS) is 11.3. The standard InChI is InChI=1S/C8H10BrNO3S/c9-7-2-1-3-8(6-7)13-14(11,12)5-4-10/h1-3,6H,4-5,10H2. The first kappa shape index (κ1) is 11.5. The molecule has 2 N–H and O–H groups in total. The number of rotatable bonds is 4. The zero-order valence-electron chi connectivity index (χ0n) is 7.31. The molecule has 0 aliphatic carbocycles. The summed E-state index contributed by atoms with van der Waals surface area (Å²) in [6.45, 7) is 0.0519. The zero-order valence-corrected chi connectivity index (χ0v) is 9.71. The van der Waals surface area contributed by atoms with Crippen molar-refractivity contribution in [3.8, 4) is 5.75 Å². The van der Waals surface area contributed by atoms with Gasteiger partial charge >= 0.3 is 10.1 Å². The summed E-state index contributed by atoms with van der Waals surface area (Å²) in [4.78, 5) is 0. The second-order valence-corrected chi connectivity index (χ2v) is 5.20. The fourth-order valence-electron chi connectivity index (χ4n) is 0.851. The van der Waals surface area contributed by atoms with Crippen molar-refractivity contribution in [3.05, 3.63) is 28.7 Å². The van der Waals surface area contributed by atoms with Gasteiger partial charge in [0.1, 0.15) is 5.75 Å². The molecule has 0 fully saturated rings. The van der Waals surface area contributed by atoms with E-state index in [1.54, 1.807) is 24.3 Å². The minimum Gasteiger partial charge on any atom is -0.382 e. The summed E-state index contributed by atoms with van der Waals surface area (Å²) in [5, 5.41) is 0. The first-order valence-corrected chi connectivity index (χ1v) is 6.28. The zero-order chi connectivity index (χ0) is 10.6. The average Bonchev–Trinajstić information content (AvgIpc) is 2.02. The van der Waals surface area contributed by atoms with E-state index in [1.165, 1.54) is 0 Å². The van der Waals surface area contributed by atoms with Crippen LogP contribution in [0.2, 0.25) is 0 Å². The molecule has 4 nitrogen and oxygen atoms in total. The molecule has 0 radical (unpaired) electrons. The maximum absolute atomic E-state index is 11.2. The van der Waals surface area contributed by atoms with Crippen molar-refractivity contribution < 1.29 is 12.6 Å². The van der Waals surface area contributed by atoms with Crippen LogP contribution in [0, 0.1) is 0 Å². The first-order valence-electron chi connectivity index (χ1n) is 3.91. The summed E-state index contributed by atoms with van der Waals surface area (Å²) in [5.41, 5.74) is 5.13. The Hall–Kier alpha value is -0.590. The van der Waals surface area contributed by atoms with Crippen molar-refractivity contribution in [2.24, 2.45) is 5.73 Å². The largest absolute Gasteiger partial charge is 0.382 e. The van der Waals surface area contributed by atoms with Gasteiger partial charge in [-0.1, -0.05) is 22.0 Å². The van der Waals surface area contributed by atoms with E-state index in [4.69, 9.17) is 9.92 Å². The number of halogens is 1. The molecule has 1 aromatic rings. The summed E-state index contributed by atoms with van der Waals surface area (Å²) < 4.78 is 27.9. The molecule has 6 heteroatoms. The molecule has 14 heavy (non-hydrogen) atoms. The Bertz CT molecular complexity index is 405. The Morgan fingerprint density at radius 1 is 1.43 bits per heavy atom. The van der Waals surface area contributed by atoms with Gasteiger partial charge in [-0.3, -0.25) is 0 Å². The summed E-state index contributed by atoms with van der Waals surface area (Å²) in [6, 6.07) is 6.62. The molecule has 0 amide bonds. The lowest BCUT2D eigenvalue weighted by atomic mass is 10.3. The van der Waals surface area contributed by atoms with Gasteiger partial charge < -0.3 is 9.92 Å². The highest BCUT2D eigenvalue weighted by molar-refractivity contribution is 9.10. The van der Waals surface area contributed by atoms with Gasteiger partial charge in [0.05, 0.1) is 5.75 Å². The van der Waals surface area contributed by atoms with Gasteiger partial charge in [0.2, 0.25) is 0 Å². The molecule has 1 rings (SSSR count). The Morgan fingerprint density at radius 2 is 2.14 bits per heavy atom. The van der Waals surface area contributed by atoms with Crippen LogP contribution < -0.4 is 9.92 Å². The maximum Gasteiger partial charge on any atom is 0.310 e. The van der Waals surface area contributed by atoms with Gasteiger partial charge in [0.25, 0.3) is 0 Å². The summed E-state index contributed by atoms with van der Waals surface area (Å²) in [5.74, 6) is 0.104. The highest BCUT2D eigenvalue weighted by atomic mass is 79.9. The number of hydrogen-bond acceptors (Lipinski definition) is 4. The smallest absolute Gasteiger partial charge is 0.310 e. The summed E-state index contributed by atoms with van der Waals surface area (Å²) in [7, 11) is -3.55. The average molecular weight is 280 g/mol. The van der Waals surface area contributed by atoms with Gasteiger partial charge in [-0.05, 0) is 18.2 Å². The fraction of sp³-hybridized carbons (Fsp3) is 0.250. The predicted octanol–water partition coefficient (Wildman–Crippen LogP) is 1.12. The molecule has 0 aliphatic rings. The number of hydrogen-bond donors (Lipinski definition) is 1. The third-order valence-electron chi connectivity index (χ3n) is 1.39. The second-order valence-electron chi connectivity index (χ2n) is 2.59. The van der Waals surface area contributed by atoms with E-state index in [9.17, 15) is 8.42 Å². The molecule has 0 saturated carbocycles. The van der Waals surface area contributed by atoms with Crippen LogP contribution in [-0.2, 0) is 10.1 Å². The fourth-order valence-corrected chi connectivity index (χ4v) is 2.00. The molecule has 0 aromatic heterocycles.